The molecule has 0 bridgehead atoms. The highest BCUT2D eigenvalue weighted by Gasteiger charge is 2.25. The molecular formula is C19H20Cl2N2O2S. The van der Waals surface area contributed by atoms with Crippen molar-refractivity contribution in [2.75, 3.05) is 18.4 Å². The van der Waals surface area contributed by atoms with Crippen molar-refractivity contribution in [3.8, 4) is 5.75 Å². The lowest BCUT2D eigenvalue weighted by Gasteiger charge is -2.15. The van der Waals surface area contributed by atoms with Crippen LogP contribution >= 0.6 is 35.1 Å². The number of aliphatic imine (C=N–C) groups is 1. The smallest absolute Gasteiger partial charge is 0.218 e. The van der Waals surface area contributed by atoms with Gasteiger partial charge < -0.3 is 14.2 Å². The number of nitrogens with one attached hydrogen (secondary N) is 1. The van der Waals surface area contributed by atoms with Crippen LogP contribution in [-0.2, 0) is 4.74 Å². The van der Waals surface area contributed by atoms with Crippen LogP contribution in [0, 0.1) is 5.92 Å². The van der Waals surface area contributed by atoms with Crippen molar-refractivity contribution in [2.24, 2.45) is 10.9 Å². The van der Waals surface area contributed by atoms with E-state index in [2.05, 4.69) is 18.6 Å². The molecule has 2 aromatic rings. The first-order chi connectivity index (χ1) is 12.5. The van der Waals surface area contributed by atoms with Gasteiger partial charge >= 0.3 is 0 Å². The SMILES string of the molecule is COc1cccc(C2=NC(C(C)C)CO2)c1NSc1cc(Cl)cc(Cl)c1. The van der Waals surface area contributed by atoms with Gasteiger partial charge in [-0.2, -0.15) is 0 Å². The van der Waals surface area contributed by atoms with Crippen LogP contribution in [0.2, 0.25) is 10.0 Å². The van der Waals surface area contributed by atoms with Gasteiger partial charge in [0, 0.05) is 14.9 Å². The average Bonchev–Trinajstić information content (AvgIpc) is 3.09. The maximum atomic E-state index is 6.08. The third kappa shape index (κ3) is 4.40. The number of anilines is 1. The van der Waals surface area contributed by atoms with E-state index >= 15 is 0 Å². The molecule has 1 aliphatic heterocycles. The number of hydrogen-bond acceptors (Lipinski definition) is 5. The lowest BCUT2D eigenvalue weighted by molar-refractivity contribution is 0.292. The Labute approximate surface area is 168 Å². The standard InChI is InChI=1S/C19H20Cl2N2O2S/c1-11(2)16-10-25-19(22-16)15-5-4-6-17(24-3)18(15)23-26-14-8-12(20)7-13(21)9-14/h4-9,11,16,23H,10H2,1-3H3. The Kier molecular flexibility index (Phi) is 6.22. The van der Waals surface area contributed by atoms with E-state index in [1.54, 1.807) is 13.2 Å². The van der Waals surface area contributed by atoms with E-state index in [0.717, 1.165) is 16.1 Å². The van der Waals surface area contributed by atoms with Crippen LogP contribution in [0.1, 0.15) is 19.4 Å². The van der Waals surface area contributed by atoms with E-state index in [-0.39, 0.29) is 6.04 Å². The van der Waals surface area contributed by atoms with Gasteiger partial charge in [-0.1, -0.05) is 43.1 Å². The molecule has 1 aliphatic rings. The minimum absolute atomic E-state index is 0.170. The molecule has 4 nitrogen and oxygen atoms in total. The topological polar surface area (TPSA) is 42.9 Å². The number of rotatable bonds is 6. The second kappa shape index (κ2) is 8.42. The summed E-state index contributed by atoms with van der Waals surface area (Å²) < 4.78 is 14.7. The van der Waals surface area contributed by atoms with Gasteiger partial charge in [0.25, 0.3) is 0 Å². The molecule has 26 heavy (non-hydrogen) atoms. The second-order valence-electron chi connectivity index (χ2n) is 6.25. The van der Waals surface area contributed by atoms with Crippen molar-refractivity contribution in [1.82, 2.24) is 0 Å². The predicted octanol–water partition coefficient (Wildman–Crippen LogP) is 5.92. The fourth-order valence-corrected chi connectivity index (χ4v) is 4.02. The number of benzene rings is 2. The average molecular weight is 411 g/mol. The van der Waals surface area contributed by atoms with E-state index < -0.39 is 0 Å². The van der Waals surface area contributed by atoms with E-state index in [1.807, 2.05) is 30.3 Å². The van der Waals surface area contributed by atoms with Crippen molar-refractivity contribution in [1.29, 1.82) is 0 Å². The molecule has 0 fully saturated rings. The quantitative estimate of drug-likeness (QED) is 0.599. The molecule has 0 spiro atoms. The summed E-state index contributed by atoms with van der Waals surface area (Å²) in [5.41, 5.74) is 1.67. The van der Waals surface area contributed by atoms with Crippen LogP contribution in [0.5, 0.6) is 5.75 Å². The number of halogens is 2. The molecule has 0 aliphatic carbocycles. The summed E-state index contributed by atoms with van der Waals surface area (Å²) >= 11 is 13.6. The van der Waals surface area contributed by atoms with Crippen molar-refractivity contribution >= 4 is 46.7 Å². The van der Waals surface area contributed by atoms with Crippen molar-refractivity contribution in [2.45, 2.75) is 24.8 Å². The van der Waals surface area contributed by atoms with E-state index in [1.165, 1.54) is 11.9 Å². The van der Waals surface area contributed by atoms with Crippen molar-refractivity contribution in [3.63, 3.8) is 0 Å². The first-order valence-electron chi connectivity index (χ1n) is 8.25. The van der Waals surface area contributed by atoms with Crippen LogP contribution in [0.3, 0.4) is 0 Å². The third-order valence-corrected chi connectivity index (χ3v) is 5.24. The monoisotopic (exact) mass is 410 g/mol. The van der Waals surface area contributed by atoms with Crippen molar-refractivity contribution < 1.29 is 9.47 Å². The Morgan fingerprint density at radius 3 is 2.58 bits per heavy atom. The number of ether oxygens (including phenoxy) is 2. The summed E-state index contributed by atoms with van der Waals surface area (Å²) in [4.78, 5) is 5.62. The molecule has 1 heterocycles. The zero-order valence-corrected chi connectivity index (χ0v) is 17.1. The molecule has 1 N–H and O–H groups in total. The van der Waals surface area contributed by atoms with Crippen LogP contribution in [-0.4, -0.2) is 25.7 Å². The van der Waals surface area contributed by atoms with Gasteiger partial charge in [-0.25, -0.2) is 4.99 Å². The van der Waals surface area contributed by atoms with Crippen molar-refractivity contribution in [3.05, 3.63) is 52.0 Å². The van der Waals surface area contributed by atoms with Crippen LogP contribution in [0.4, 0.5) is 5.69 Å². The molecule has 0 saturated carbocycles. The van der Waals surface area contributed by atoms with Gasteiger partial charge in [0.1, 0.15) is 12.4 Å². The molecule has 0 saturated heterocycles. The minimum atomic E-state index is 0.170. The predicted molar refractivity (Wildman–Crippen MR) is 110 cm³/mol. The molecule has 0 radical (unpaired) electrons. The highest BCUT2D eigenvalue weighted by molar-refractivity contribution is 8.00. The highest BCUT2D eigenvalue weighted by atomic mass is 35.5. The zero-order valence-electron chi connectivity index (χ0n) is 14.8. The Hall–Kier alpha value is -1.56. The third-order valence-electron chi connectivity index (χ3n) is 4.03. The number of para-hydroxylation sites is 1. The highest BCUT2D eigenvalue weighted by Crippen LogP contribution is 2.35. The van der Waals surface area contributed by atoms with Gasteiger partial charge in [0.2, 0.25) is 5.90 Å². The van der Waals surface area contributed by atoms with Crippen LogP contribution in [0.15, 0.2) is 46.3 Å². The number of nitrogens with zero attached hydrogens (tertiary/aromatic N) is 1. The van der Waals surface area contributed by atoms with Crippen LogP contribution < -0.4 is 9.46 Å². The van der Waals surface area contributed by atoms with Gasteiger partial charge in [-0.05, 0) is 48.2 Å². The van der Waals surface area contributed by atoms with Crippen LogP contribution in [0.25, 0.3) is 0 Å². The molecule has 2 aromatic carbocycles. The molecule has 1 unspecified atom stereocenters. The normalized spacial score (nSPS) is 16.4. The van der Waals surface area contributed by atoms with Gasteiger partial charge in [0.15, 0.2) is 0 Å². The maximum Gasteiger partial charge on any atom is 0.218 e. The van der Waals surface area contributed by atoms with Gasteiger partial charge in [0.05, 0.1) is 24.4 Å². The molecule has 1 atom stereocenters. The van der Waals surface area contributed by atoms with Gasteiger partial charge in [-0.3, -0.25) is 0 Å². The largest absolute Gasteiger partial charge is 0.495 e. The lowest BCUT2D eigenvalue weighted by Crippen LogP contribution is -2.13. The fraction of sp³-hybridized carbons (Fsp3) is 0.316. The molecular weight excluding hydrogens is 391 g/mol. The Morgan fingerprint density at radius 2 is 1.96 bits per heavy atom. The summed E-state index contributed by atoms with van der Waals surface area (Å²) in [5.74, 6) is 1.77. The Morgan fingerprint density at radius 1 is 1.23 bits per heavy atom. The second-order valence-corrected chi connectivity index (χ2v) is 8.00. The minimum Gasteiger partial charge on any atom is -0.495 e. The summed E-state index contributed by atoms with van der Waals surface area (Å²) in [6.07, 6.45) is 0. The fourth-order valence-electron chi connectivity index (χ4n) is 2.56. The van der Waals surface area contributed by atoms with E-state index in [9.17, 15) is 0 Å². The first kappa shape index (κ1) is 19.2. The molecule has 7 heteroatoms. The molecule has 0 aromatic heterocycles. The summed E-state index contributed by atoms with van der Waals surface area (Å²) in [7, 11) is 1.64. The van der Waals surface area contributed by atoms with Gasteiger partial charge in [-0.15, -0.1) is 0 Å². The Balaban J connectivity index is 1.89. The van der Waals surface area contributed by atoms with E-state index in [0.29, 0.717) is 34.2 Å². The summed E-state index contributed by atoms with van der Waals surface area (Å²) in [5, 5.41) is 1.18. The molecule has 0 amide bonds. The first-order valence-corrected chi connectivity index (χ1v) is 9.82. The zero-order chi connectivity index (χ0) is 18.7. The number of hydrogen-bond donors (Lipinski definition) is 1. The molecule has 138 valence electrons. The summed E-state index contributed by atoms with van der Waals surface area (Å²) in [6.45, 7) is 4.88. The lowest BCUT2D eigenvalue weighted by atomic mass is 10.1. The van der Waals surface area contributed by atoms with E-state index in [4.69, 9.17) is 37.7 Å². The maximum absolute atomic E-state index is 6.08. The molecule has 3 rings (SSSR count). The Bertz CT molecular complexity index is 807. The summed E-state index contributed by atoms with van der Waals surface area (Å²) in [6, 6.07) is 11.4. The number of methoxy groups -OCH3 is 1.